The molecular formula is C22H24ClN5O2S. The minimum atomic E-state index is -0.831. The normalized spacial score (nSPS) is 15.2. The van der Waals surface area contributed by atoms with Gasteiger partial charge in [-0.3, -0.25) is 4.79 Å². The van der Waals surface area contributed by atoms with Crippen molar-refractivity contribution in [3.63, 3.8) is 0 Å². The Morgan fingerprint density at radius 2 is 1.97 bits per heavy atom. The van der Waals surface area contributed by atoms with Gasteiger partial charge in [-0.15, -0.1) is 11.3 Å². The fraction of sp³-hybridized carbons (Fsp3) is 0.227. The van der Waals surface area contributed by atoms with E-state index in [1.54, 1.807) is 24.3 Å². The number of thiophene rings is 1. The Labute approximate surface area is 190 Å². The fourth-order valence-corrected chi connectivity index (χ4v) is 3.66. The largest absolute Gasteiger partial charge is 0.324 e. The lowest BCUT2D eigenvalue weighted by Crippen LogP contribution is -2.41. The lowest BCUT2D eigenvalue weighted by Gasteiger charge is -2.19. The highest BCUT2D eigenvalue weighted by Crippen LogP contribution is 2.21. The SMILES string of the molecule is CCN(C)N=C1C=CC(NC(=O)C(NC(=O)Nc2ccc(Cl)cc2)c2cccs2)=CC1. The van der Waals surface area contributed by atoms with E-state index in [1.807, 2.05) is 54.7 Å². The minimum Gasteiger partial charge on any atom is -0.324 e. The smallest absolute Gasteiger partial charge is 0.320 e. The van der Waals surface area contributed by atoms with E-state index < -0.39 is 12.1 Å². The summed E-state index contributed by atoms with van der Waals surface area (Å²) >= 11 is 7.27. The minimum absolute atomic E-state index is 0.323. The Morgan fingerprint density at radius 1 is 1.19 bits per heavy atom. The van der Waals surface area contributed by atoms with Crippen molar-refractivity contribution in [3.8, 4) is 0 Å². The molecular weight excluding hydrogens is 434 g/mol. The van der Waals surface area contributed by atoms with E-state index in [9.17, 15) is 9.59 Å². The molecule has 1 aliphatic carbocycles. The van der Waals surface area contributed by atoms with Gasteiger partial charge in [0.15, 0.2) is 0 Å². The van der Waals surface area contributed by atoms with E-state index in [0.29, 0.717) is 22.8 Å². The topological polar surface area (TPSA) is 85.8 Å². The zero-order valence-electron chi connectivity index (χ0n) is 17.3. The molecule has 0 radical (unpaired) electrons. The number of rotatable bonds is 7. The highest BCUT2D eigenvalue weighted by atomic mass is 35.5. The van der Waals surface area contributed by atoms with Crippen LogP contribution in [0.4, 0.5) is 10.5 Å². The Balaban J connectivity index is 1.65. The summed E-state index contributed by atoms with van der Waals surface area (Å²) in [7, 11) is 1.91. The summed E-state index contributed by atoms with van der Waals surface area (Å²) < 4.78 is 0. The number of anilines is 1. The number of benzene rings is 1. The Hall–Kier alpha value is -3.10. The number of hydrogen-bond acceptors (Lipinski definition) is 5. The standard InChI is InChI=1S/C22H24ClN5O2S/c1-3-28(2)27-18-12-10-16(11-13-18)24-21(29)20(19-5-4-14-31-19)26-22(30)25-17-8-6-15(23)7-9-17/h4-12,14,20H,3,13H2,1-2H3,(H,24,29)(H2,25,26,30). The number of amides is 3. The maximum absolute atomic E-state index is 13.0. The van der Waals surface area contributed by atoms with Crippen LogP contribution in [0.25, 0.3) is 0 Å². The number of allylic oxidation sites excluding steroid dienone is 3. The van der Waals surface area contributed by atoms with Crippen molar-refractivity contribution in [1.82, 2.24) is 15.6 Å². The van der Waals surface area contributed by atoms with Crippen LogP contribution < -0.4 is 16.0 Å². The van der Waals surface area contributed by atoms with Gasteiger partial charge in [0, 0.05) is 41.3 Å². The van der Waals surface area contributed by atoms with Gasteiger partial charge in [0.25, 0.3) is 5.91 Å². The summed E-state index contributed by atoms with van der Waals surface area (Å²) in [6, 6.07) is 9.07. The monoisotopic (exact) mass is 457 g/mol. The van der Waals surface area contributed by atoms with Crippen molar-refractivity contribution in [2.75, 3.05) is 18.9 Å². The highest BCUT2D eigenvalue weighted by molar-refractivity contribution is 7.10. The van der Waals surface area contributed by atoms with E-state index in [4.69, 9.17) is 11.6 Å². The molecule has 1 atom stereocenters. The molecule has 0 saturated carbocycles. The van der Waals surface area contributed by atoms with Crippen LogP contribution in [-0.4, -0.2) is 36.3 Å². The Morgan fingerprint density at radius 3 is 2.58 bits per heavy atom. The van der Waals surface area contributed by atoms with E-state index in [0.717, 1.165) is 17.1 Å². The third kappa shape index (κ3) is 6.70. The molecule has 1 unspecified atom stereocenters. The number of carbonyl (C=O) groups is 2. The predicted molar refractivity (Wildman–Crippen MR) is 126 cm³/mol. The molecule has 0 bridgehead atoms. The number of nitrogens with one attached hydrogen (secondary N) is 3. The molecule has 3 rings (SSSR count). The summed E-state index contributed by atoms with van der Waals surface area (Å²) in [5, 5.41) is 17.1. The first-order valence-corrected chi connectivity index (χ1v) is 11.0. The molecule has 1 aromatic carbocycles. The molecule has 0 aliphatic heterocycles. The number of urea groups is 1. The average molecular weight is 458 g/mol. The maximum Gasteiger partial charge on any atom is 0.320 e. The van der Waals surface area contributed by atoms with Crippen LogP contribution in [0.3, 0.4) is 0 Å². The van der Waals surface area contributed by atoms with Gasteiger partial charge in [-0.2, -0.15) is 5.10 Å². The second-order valence-corrected chi connectivity index (χ2v) is 8.22. The van der Waals surface area contributed by atoms with Gasteiger partial charge in [-0.1, -0.05) is 23.7 Å². The summed E-state index contributed by atoms with van der Waals surface area (Å²) in [6.07, 6.45) is 6.20. The summed E-state index contributed by atoms with van der Waals surface area (Å²) in [5.41, 5.74) is 2.16. The van der Waals surface area contributed by atoms with Gasteiger partial charge < -0.3 is 21.0 Å². The average Bonchev–Trinajstić information content (AvgIpc) is 3.29. The lowest BCUT2D eigenvalue weighted by molar-refractivity contribution is -0.122. The van der Waals surface area contributed by atoms with Gasteiger partial charge in [-0.25, -0.2) is 4.79 Å². The molecule has 7 nitrogen and oxygen atoms in total. The Kier molecular flexibility index (Phi) is 7.86. The van der Waals surface area contributed by atoms with Gasteiger partial charge in [0.05, 0.1) is 5.71 Å². The molecule has 31 heavy (non-hydrogen) atoms. The van der Waals surface area contributed by atoms with Gasteiger partial charge in [0.2, 0.25) is 0 Å². The summed E-state index contributed by atoms with van der Waals surface area (Å²) in [5.74, 6) is -0.323. The molecule has 0 fully saturated rings. The van der Waals surface area contributed by atoms with Gasteiger partial charge in [0.1, 0.15) is 6.04 Å². The molecule has 1 aromatic heterocycles. The van der Waals surface area contributed by atoms with Crippen molar-refractivity contribution >= 4 is 46.3 Å². The number of halogens is 1. The van der Waals surface area contributed by atoms with Gasteiger partial charge >= 0.3 is 6.03 Å². The molecule has 1 aliphatic rings. The van der Waals surface area contributed by atoms with E-state index in [1.165, 1.54) is 11.3 Å². The Bertz CT molecular complexity index is 999. The van der Waals surface area contributed by atoms with Crippen LogP contribution in [0.1, 0.15) is 24.3 Å². The zero-order valence-corrected chi connectivity index (χ0v) is 18.8. The van der Waals surface area contributed by atoms with Crippen molar-refractivity contribution in [1.29, 1.82) is 0 Å². The first kappa shape index (κ1) is 22.6. The quantitative estimate of drug-likeness (QED) is 0.534. The molecule has 1 heterocycles. The zero-order chi connectivity index (χ0) is 22.2. The number of nitrogens with zero attached hydrogens (tertiary/aromatic N) is 2. The number of carbonyl (C=O) groups excluding carboxylic acids is 2. The molecule has 0 spiro atoms. The van der Waals surface area contributed by atoms with Crippen LogP contribution in [0, 0.1) is 0 Å². The summed E-state index contributed by atoms with van der Waals surface area (Å²) in [6.45, 7) is 2.84. The van der Waals surface area contributed by atoms with Gasteiger partial charge in [-0.05, 0) is 54.8 Å². The van der Waals surface area contributed by atoms with E-state index in [2.05, 4.69) is 21.1 Å². The summed E-state index contributed by atoms with van der Waals surface area (Å²) in [4.78, 5) is 26.2. The van der Waals surface area contributed by atoms with E-state index >= 15 is 0 Å². The van der Waals surface area contributed by atoms with Crippen LogP contribution >= 0.6 is 22.9 Å². The molecule has 2 aromatic rings. The fourth-order valence-electron chi connectivity index (χ4n) is 2.76. The number of hydrazone groups is 1. The first-order valence-electron chi connectivity index (χ1n) is 9.79. The lowest BCUT2D eigenvalue weighted by atomic mass is 10.1. The van der Waals surface area contributed by atoms with Crippen LogP contribution in [0.15, 0.2) is 70.8 Å². The van der Waals surface area contributed by atoms with Crippen molar-refractivity contribution in [2.45, 2.75) is 19.4 Å². The van der Waals surface area contributed by atoms with Crippen LogP contribution in [-0.2, 0) is 4.79 Å². The van der Waals surface area contributed by atoms with Crippen LogP contribution in [0.2, 0.25) is 5.02 Å². The van der Waals surface area contributed by atoms with E-state index in [-0.39, 0.29) is 5.91 Å². The second kappa shape index (κ2) is 10.8. The third-order valence-electron chi connectivity index (χ3n) is 4.48. The molecule has 0 saturated heterocycles. The molecule has 3 N–H and O–H groups in total. The van der Waals surface area contributed by atoms with Crippen LogP contribution in [0.5, 0.6) is 0 Å². The molecule has 3 amide bonds. The van der Waals surface area contributed by atoms with Crippen molar-refractivity contribution in [3.05, 3.63) is 75.6 Å². The molecule has 9 heteroatoms. The highest BCUT2D eigenvalue weighted by Gasteiger charge is 2.24. The third-order valence-corrected chi connectivity index (χ3v) is 5.67. The number of hydrogen-bond donors (Lipinski definition) is 3. The molecule has 162 valence electrons. The second-order valence-electron chi connectivity index (χ2n) is 6.81. The van der Waals surface area contributed by atoms with Crippen molar-refractivity contribution < 1.29 is 9.59 Å². The predicted octanol–water partition coefficient (Wildman–Crippen LogP) is 4.53. The van der Waals surface area contributed by atoms with Crippen molar-refractivity contribution in [2.24, 2.45) is 5.10 Å². The maximum atomic E-state index is 13.0. The first-order chi connectivity index (χ1) is 14.9.